The summed E-state index contributed by atoms with van der Waals surface area (Å²) in [6, 6.07) is 9.78. The average Bonchev–Trinajstić information content (AvgIpc) is 2.05. The van der Waals surface area contributed by atoms with Crippen molar-refractivity contribution in [3.63, 3.8) is 0 Å². The van der Waals surface area contributed by atoms with Crippen LogP contribution in [-0.2, 0) is 11.2 Å². The molecule has 3 heteroatoms. The number of carbonyl (C=O) groups excluding carboxylic acids is 1. The zero-order valence-corrected chi connectivity index (χ0v) is 9.04. The van der Waals surface area contributed by atoms with Gasteiger partial charge in [0, 0.05) is 0 Å². The molecule has 1 aromatic carbocycles. The number of rotatable bonds is 3. The lowest BCUT2D eigenvalue weighted by Crippen LogP contribution is -2.37. The molecule has 1 aromatic rings. The van der Waals surface area contributed by atoms with Crippen molar-refractivity contribution in [1.82, 2.24) is 0 Å². The summed E-state index contributed by atoms with van der Waals surface area (Å²) < 4.78 is -0.644. The van der Waals surface area contributed by atoms with E-state index < -0.39 is 4.32 Å². The van der Waals surface area contributed by atoms with Crippen LogP contribution >= 0.6 is 15.9 Å². The fraction of sp³-hybridized carbons (Fsp3) is 0.300. The Hall–Kier alpha value is -0.830. The molecule has 2 N–H and O–H groups in total. The van der Waals surface area contributed by atoms with E-state index in [9.17, 15) is 4.79 Å². The van der Waals surface area contributed by atoms with Gasteiger partial charge in [-0.2, -0.15) is 0 Å². The van der Waals surface area contributed by atoms with Crippen LogP contribution < -0.4 is 5.73 Å². The lowest BCUT2D eigenvalue weighted by Gasteiger charge is -2.17. The zero-order chi connectivity index (χ0) is 9.90. The van der Waals surface area contributed by atoms with E-state index in [0.717, 1.165) is 5.56 Å². The van der Waals surface area contributed by atoms with Crippen molar-refractivity contribution in [3.8, 4) is 0 Å². The molecule has 0 fully saturated rings. The van der Waals surface area contributed by atoms with Crippen molar-refractivity contribution < 1.29 is 4.79 Å². The van der Waals surface area contributed by atoms with E-state index in [4.69, 9.17) is 5.73 Å². The number of carbonyl (C=O) groups is 1. The first-order valence-electron chi connectivity index (χ1n) is 4.05. The SMILES string of the molecule is C[C@@](Br)(Cc1ccccc1)C(N)=O. The van der Waals surface area contributed by atoms with Crippen LogP contribution in [0, 0.1) is 0 Å². The summed E-state index contributed by atoms with van der Waals surface area (Å²) in [4.78, 5) is 11.0. The van der Waals surface area contributed by atoms with Crippen molar-refractivity contribution in [2.24, 2.45) is 5.73 Å². The van der Waals surface area contributed by atoms with Crippen LogP contribution in [0.4, 0.5) is 0 Å². The summed E-state index contributed by atoms with van der Waals surface area (Å²) in [7, 11) is 0. The second kappa shape index (κ2) is 3.92. The molecule has 0 spiro atoms. The lowest BCUT2D eigenvalue weighted by molar-refractivity contribution is -0.119. The Kier molecular flexibility index (Phi) is 3.09. The number of benzene rings is 1. The maximum Gasteiger partial charge on any atom is 0.234 e. The highest BCUT2D eigenvalue weighted by molar-refractivity contribution is 9.10. The number of halogens is 1. The summed E-state index contributed by atoms with van der Waals surface area (Å²) in [5.41, 5.74) is 6.33. The molecule has 0 aliphatic heterocycles. The van der Waals surface area contributed by atoms with E-state index in [0.29, 0.717) is 6.42 Å². The average molecular weight is 242 g/mol. The highest BCUT2D eigenvalue weighted by Crippen LogP contribution is 2.22. The molecule has 1 atom stereocenters. The van der Waals surface area contributed by atoms with E-state index >= 15 is 0 Å². The molecule has 0 aliphatic carbocycles. The molecule has 0 heterocycles. The van der Waals surface area contributed by atoms with E-state index in [2.05, 4.69) is 15.9 Å². The van der Waals surface area contributed by atoms with Gasteiger partial charge in [-0.25, -0.2) is 0 Å². The first-order chi connectivity index (χ1) is 6.02. The molecule has 0 saturated heterocycles. The Balaban J connectivity index is 2.75. The molecule has 0 bridgehead atoms. The van der Waals surface area contributed by atoms with Gasteiger partial charge >= 0.3 is 0 Å². The summed E-state index contributed by atoms with van der Waals surface area (Å²) in [5.74, 6) is -0.337. The summed E-state index contributed by atoms with van der Waals surface area (Å²) >= 11 is 3.31. The number of nitrogens with two attached hydrogens (primary N) is 1. The van der Waals surface area contributed by atoms with Crippen molar-refractivity contribution in [1.29, 1.82) is 0 Å². The van der Waals surface area contributed by atoms with Gasteiger partial charge in [-0.3, -0.25) is 4.79 Å². The van der Waals surface area contributed by atoms with Gasteiger partial charge in [-0.1, -0.05) is 46.3 Å². The van der Waals surface area contributed by atoms with Crippen LogP contribution in [0.15, 0.2) is 30.3 Å². The van der Waals surface area contributed by atoms with Gasteiger partial charge in [0.1, 0.15) is 4.32 Å². The Bertz CT molecular complexity index is 295. The topological polar surface area (TPSA) is 43.1 Å². The van der Waals surface area contributed by atoms with Gasteiger partial charge in [0.15, 0.2) is 0 Å². The number of hydrogen-bond acceptors (Lipinski definition) is 1. The van der Waals surface area contributed by atoms with Gasteiger partial charge in [0.05, 0.1) is 0 Å². The zero-order valence-electron chi connectivity index (χ0n) is 7.46. The fourth-order valence-corrected chi connectivity index (χ4v) is 1.39. The third-order valence-corrected chi connectivity index (χ3v) is 2.56. The Morgan fingerprint density at radius 3 is 2.46 bits per heavy atom. The third-order valence-electron chi connectivity index (χ3n) is 1.89. The quantitative estimate of drug-likeness (QED) is 0.808. The van der Waals surface area contributed by atoms with Crippen LogP contribution in [0.2, 0.25) is 0 Å². The Morgan fingerprint density at radius 1 is 1.46 bits per heavy atom. The van der Waals surface area contributed by atoms with Gasteiger partial charge in [-0.05, 0) is 18.9 Å². The van der Waals surface area contributed by atoms with Gasteiger partial charge in [0.2, 0.25) is 5.91 Å². The molecule has 1 amide bonds. The van der Waals surface area contributed by atoms with E-state index in [1.807, 2.05) is 30.3 Å². The number of primary amides is 1. The summed E-state index contributed by atoms with van der Waals surface area (Å²) in [6.07, 6.45) is 0.614. The van der Waals surface area contributed by atoms with Gasteiger partial charge in [-0.15, -0.1) is 0 Å². The summed E-state index contributed by atoms with van der Waals surface area (Å²) in [6.45, 7) is 1.78. The minimum Gasteiger partial charge on any atom is -0.368 e. The molecular weight excluding hydrogens is 230 g/mol. The van der Waals surface area contributed by atoms with Gasteiger partial charge in [0.25, 0.3) is 0 Å². The number of amides is 1. The van der Waals surface area contributed by atoms with Crippen molar-refractivity contribution in [2.75, 3.05) is 0 Å². The predicted molar refractivity (Wildman–Crippen MR) is 56.7 cm³/mol. The molecule has 0 aliphatic rings. The van der Waals surface area contributed by atoms with E-state index in [1.54, 1.807) is 6.92 Å². The Labute approximate surface area is 86.3 Å². The second-order valence-electron chi connectivity index (χ2n) is 3.22. The predicted octanol–water partition coefficient (Wildman–Crippen LogP) is 1.87. The third kappa shape index (κ3) is 2.84. The molecule has 2 nitrogen and oxygen atoms in total. The van der Waals surface area contributed by atoms with Crippen LogP contribution in [0.1, 0.15) is 12.5 Å². The Morgan fingerprint density at radius 2 is 2.00 bits per heavy atom. The van der Waals surface area contributed by atoms with Crippen LogP contribution in [0.5, 0.6) is 0 Å². The molecule has 0 radical (unpaired) electrons. The first-order valence-corrected chi connectivity index (χ1v) is 4.84. The first kappa shape index (κ1) is 10.3. The molecule has 0 aromatic heterocycles. The lowest BCUT2D eigenvalue weighted by atomic mass is 10.0. The van der Waals surface area contributed by atoms with Crippen LogP contribution in [-0.4, -0.2) is 10.2 Å². The van der Waals surface area contributed by atoms with Crippen LogP contribution in [0.3, 0.4) is 0 Å². The fourth-order valence-electron chi connectivity index (χ4n) is 1.07. The van der Waals surface area contributed by atoms with Crippen molar-refractivity contribution >= 4 is 21.8 Å². The second-order valence-corrected chi connectivity index (χ2v) is 4.97. The molecule has 0 unspecified atom stereocenters. The van der Waals surface area contributed by atoms with Gasteiger partial charge < -0.3 is 5.73 Å². The highest BCUT2D eigenvalue weighted by atomic mass is 79.9. The molecule has 70 valence electrons. The number of hydrogen-bond donors (Lipinski definition) is 1. The normalized spacial score (nSPS) is 14.9. The highest BCUT2D eigenvalue weighted by Gasteiger charge is 2.27. The maximum atomic E-state index is 11.0. The molecule has 13 heavy (non-hydrogen) atoms. The largest absolute Gasteiger partial charge is 0.368 e. The van der Waals surface area contributed by atoms with Crippen molar-refractivity contribution in [2.45, 2.75) is 17.7 Å². The minimum absolute atomic E-state index is 0.337. The molecule has 0 saturated carbocycles. The maximum absolute atomic E-state index is 11.0. The summed E-state index contributed by atoms with van der Waals surface area (Å²) in [5, 5.41) is 0. The standard InChI is InChI=1S/C10H12BrNO/c1-10(11,9(12)13)7-8-5-3-2-4-6-8/h2-6H,7H2,1H3,(H2,12,13)/t10-/m1/s1. The minimum atomic E-state index is -0.644. The van der Waals surface area contributed by atoms with Crippen LogP contribution in [0.25, 0.3) is 0 Å². The van der Waals surface area contributed by atoms with Crippen molar-refractivity contribution in [3.05, 3.63) is 35.9 Å². The molecular formula is C10H12BrNO. The monoisotopic (exact) mass is 241 g/mol. The molecule has 1 rings (SSSR count). The smallest absolute Gasteiger partial charge is 0.234 e. The van der Waals surface area contributed by atoms with E-state index in [1.165, 1.54) is 0 Å². The van der Waals surface area contributed by atoms with E-state index in [-0.39, 0.29) is 5.91 Å². The number of alkyl halides is 1.